The average molecular weight is 443 g/mol. The van der Waals surface area contributed by atoms with E-state index in [1.54, 1.807) is 7.11 Å². The van der Waals surface area contributed by atoms with E-state index in [1.165, 1.54) is 5.56 Å². The van der Waals surface area contributed by atoms with Crippen molar-refractivity contribution in [3.63, 3.8) is 0 Å². The highest BCUT2D eigenvalue weighted by Gasteiger charge is 2.17. The van der Waals surface area contributed by atoms with E-state index in [1.807, 2.05) is 24.4 Å². The van der Waals surface area contributed by atoms with Crippen LogP contribution in [0.5, 0.6) is 11.5 Å². The topological polar surface area (TPSA) is 61.3 Å². The van der Waals surface area contributed by atoms with Crippen molar-refractivity contribution in [2.75, 3.05) is 60.5 Å². The zero-order chi connectivity index (χ0) is 22.9. The Labute approximate surface area is 192 Å². The summed E-state index contributed by atoms with van der Waals surface area (Å²) in [4.78, 5) is 11.4. The molecule has 3 rings (SSSR count). The number of β-amino-alcohol motifs (C(OH)–C–C–N with tert-alkyl or cyclic N) is 1. The van der Waals surface area contributed by atoms with E-state index >= 15 is 0 Å². The third-order valence-electron chi connectivity index (χ3n) is 5.93. The molecule has 1 atom stereocenters. The van der Waals surface area contributed by atoms with Crippen LogP contribution in [0.1, 0.15) is 23.2 Å². The number of aliphatic hydroxyl groups excluding tert-OH is 1. The van der Waals surface area contributed by atoms with Gasteiger partial charge in [-0.25, -0.2) is 0 Å². The first kappa shape index (κ1) is 24.5. The molecule has 0 spiro atoms. The minimum atomic E-state index is -0.540. The Morgan fingerprint density at radius 3 is 2.75 bits per heavy atom. The van der Waals surface area contributed by atoms with Gasteiger partial charge >= 0.3 is 0 Å². The predicted octanol–water partition coefficient (Wildman–Crippen LogP) is 2.41. The van der Waals surface area contributed by atoms with Crippen LogP contribution in [0.3, 0.4) is 0 Å². The Hall–Kier alpha value is -2.19. The molecule has 1 N–H and O–H groups in total. The average Bonchev–Trinajstić information content (AvgIpc) is 2.98. The molecule has 1 aromatic heterocycles. The summed E-state index contributed by atoms with van der Waals surface area (Å²) in [7, 11) is 5.88. The van der Waals surface area contributed by atoms with Crippen molar-refractivity contribution in [2.24, 2.45) is 0 Å². The fraction of sp³-hybridized carbons (Fsp3) is 0.560. The van der Waals surface area contributed by atoms with Crippen LogP contribution in [0.2, 0.25) is 0 Å². The second-order valence-electron chi connectivity index (χ2n) is 8.85. The number of hydrogen-bond donors (Lipinski definition) is 1. The standard InChI is InChI=1S/C25H38N4O3/c1-20-7-5-10-26-23(20)18-28(3)16-21-8-9-24(31-4)25(15-21)32-19-22(30)17-29-12-6-11-27(2)13-14-29/h5,7-10,15,22,30H,6,11-14,16-19H2,1-4H3. The fourth-order valence-electron chi connectivity index (χ4n) is 4.06. The second-order valence-corrected chi connectivity index (χ2v) is 8.85. The van der Waals surface area contributed by atoms with Gasteiger partial charge in [-0.15, -0.1) is 0 Å². The number of pyridine rings is 1. The molecule has 1 unspecified atom stereocenters. The van der Waals surface area contributed by atoms with Crippen LogP contribution in [0.4, 0.5) is 0 Å². The van der Waals surface area contributed by atoms with Crippen molar-refractivity contribution >= 4 is 0 Å². The fourth-order valence-corrected chi connectivity index (χ4v) is 4.06. The Kier molecular flexibility index (Phi) is 9.29. The summed E-state index contributed by atoms with van der Waals surface area (Å²) >= 11 is 0. The Morgan fingerprint density at radius 2 is 1.97 bits per heavy atom. The van der Waals surface area contributed by atoms with Gasteiger partial charge in [-0.3, -0.25) is 14.8 Å². The van der Waals surface area contributed by atoms with E-state index in [9.17, 15) is 5.11 Å². The Morgan fingerprint density at radius 1 is 1.12 bits per heavy atom. The number of rotatable bonds is 10. The number of methoxy groups -OCH3 is 1. The van der Waals surface area contributed by atoms with Crippen molar-refractivity contribution in [1.82, 2.24) is 19.7 Å². The van der Waals surface area contributed by atoms with Gasteiger partial charge in [0.1, 0.15) is 12.7 Å². The molecule has 0 amide bonds. The van der Waals surface area contributed by atoms with E-state index < -0.39 is 6.10 Å². The van der Waals surface area contributed by atoms with Crippen molar-refractivity contribution in [3.05, 3.63) is 53.3 Å². The van der Waals surface area contributed by atoms with Gasteiger partial charge in [0.05, 0.1) is 12.8 Å². The zero-order valence-corrected chi connectivity index (χ0v) is 20.0. The lowest BCUT2D eigenvalue weighted by Gasteiger charge is -2.24. The third-order valence-corrected chi connectivity index (χ3v) is 5.93. The molecule has 0 saturated carbocycles. The predicted molar refractivity (Wildman–Crippen MR) is 127 cm³/mol. The van der Waals surface area contributed by atoms with Crippen LogP contribution in [0.25, 0.3) is 0 Å². The maximum atomic E-state index is 10.6. The zero-order valence-electron chi connectivity index (χ0n) is 20.0. The maximum Gasteiger partial charge on any atom is 0.161 e. The van der Waals surface area contributed by atoms with Gasteiger partial charge in [-0.1, -0.05) is 12.1 Å². The molecule has 2 aromatic rings. The van der Waals surface area contributed by atoms with Crippen molar-refractivity contribution < 1.29 is 14.6 Å². The van der Waals surface area contributed by atoms with Crippen LogP contribution >= 0.6 is 0 Å². The number of aliphatic hydroxyl groups is 1. The van der Waals surface area contributed by atoms with Gasteiger partial charge in [0.2, 0.25) is 0 Å². The molecule has 2 heterocycles. The van der Waals surface area contributed by atoms with Gasteiger partial charge < -0.3 is 19.5 Å². The molecule has 7 nitrogen and oxygen atoms in total. The summed E-state index contributed by atoms with van der Waals surface area (Å²) in [6.07, 6.45) is 2.43. The van der Waals surface area contributed by atoms with Gasteiger partial charge in [0.15, 0.2) is 11.5 Å². The summed E-state index contributed by atoms with van der Waals surface area (Å²) in [6.45, 7) is 8.65. The van der Waals surface area contributed by atoms with E-state index in [0.29, 0.717) is 18.0 Å². The molecule has 7 heteroatoms. The van der Waals surface area contributed by atoms with Crippen LogP contribution in [-0.2, 0) is 13.1 Å². The number of benzene rings is 1. The SMILES string of the molecule is COc1ccc(CN(C)Cc2ncccc2C)cc1OCC(O)CN1CCCN(C)CC1. The maximum absolute atomic E-state index is 10.6. The summed E-state index contributed by atoms with van der Waals surface area (Å²) in [5.41, 5.74) is 3.41. The van der Waals surface area contributed by atoms with Gasteiger partial charge in [0, 0.05) is 38.9 Å². The monoisotopic (exact) mass is 442 g/mol. The normalized spacial score (nSPS) is 16.7. The molecule has 176 valence electrons. The van der Waals surface area contributed by atoms with E-state index in [2.05, 4.69) is 52.8 Å². The summed E-state index contributed by atoms with van der Waals surface area (Å²) in [6, 6.07) is 10.0. The van der Waals surface area contributed by atoms with E-state index in [-0.39, 0.29) is 6.61 Å². The highest BCUT2D eigenvalue weighted by Crippen LogP contribution is 2.29. The van der Waals surface area contributed by atoms with Gasteiger partial charge in [-0.2, -0.15) is 0 Å². The number of hydrogen-bond acceptors (Lipinski definition) is 7. The summed E-state index contributed by atoms with van der Waals surface area (Å²) < 4.78 is 11.5. The van der Waals surface area contributed by atoms with Gasteiger partial charge in [0.25, 0.3) is 0 Å². The quantitative estimate of drug-likeness (QED) is 0.606. The molecule has 1 aliphatic rings. The third kappa shape index (κ3) is 7.45. The number of nitrogens with zero attached hydrogens (tertiary/aromatic N) is 4. The first-order valence-corrected chi connectivity index (χ1v) is 11.4. The van der Waals surface area contributed by atoms with Crippen molar-refractivity contribution in [1.29, 1.82) is 0 Å². The van der Waals surface area contributed by atoms with Crippen molar-refractivity contribution in [2.45, 2.75) is 32.5 Å². The first-order chi connectivity index (χ1) is 15.4. The molecule has 0 radical (unpaired) electrons. The molecule has 1 aromatic carbocycles. The highest BCUT2D eigenvalue weighted by molar-refractivity contribution is 5.43. The highest BCUT2D eigenvalue weighted by atomic mass is 16.5. The number of ether oxygens (including phenoxy) is 2. The molecule has 1 fully saturated rings. The molecule has 1 saturated heterocycles. The molecule has 1 aliphatic heterocycles. The van der Waals surface area contributed by atoms with Crippen LogP contribution in [-0.4, -0.2) is 91.4 Å². The first-order valence-electron chi connectivity index (χ1n) is 11.4. The number of likely N-dealkylation sites (N-methyl/N-ethyl adjacent to an activating group) is 1. The van der Waals surface area contributed by atoms with Crippen LogP contribution in [0, 0.1) is 6.92 Å². The Balaban J connectivity index is 1.55. The smallest absolute Gasteiger partial charge is 0.161 e. The molecular weight excluding hydrogens is 404 g/mol. The molecule has 0 aliphatic carbocycles. The van der Waals surface area contributed by atoms with Crippen LogP contribution < -0.4 is 9.47 Å². The lowest BCUT2D eigenvalue weighted by atomic mass is 10.1. The number of aryl methyl sites for hydroxylation is 1. The summed E-state index contributed by atoms with van der Waals surface area (Å²) in [5, 5.41) is 10.6. The molecular formula is C25H38N4O3. The minimum absolute atomic E-state index is 0.245. The molecule has 0 bridgehead atoms. The lowest BCUT2D eigenvalue weighted by Crippen LogP contribution is -2.37. The molecule has 32 heavy (non-hydrogen) atoms. The largest absolute Gasteiger partial charge is 0.493 e. The Bertz CT molecular complexity index is 848. The lowest BCUT2D eigenvalue weighted by molar-refractivity contribution is 0.0685. The van der Waals surface area contributed by atoms with Crippen LogP contribution in [0.15, 0.2) is 36.5 Å². The number of aromatic nitrogens is 1. The van der Waals surface area contributed by atoms with Gasteiger partial charge in [-0.05, 0) is 69.9 Å². The minimum Gasteiger partial charge on any atom is -0.493 e. The van der Waals surface area contributed by atoms with Crippen molar-refractivity contribution in [3.8, 4) is 11.5 Å². The van der Waals surface area contributed by atoms with E-state index in [4.69, 9.17) is 9.47 Å². The second kappa shape index (κ2) is 12.2. The summed E-state index contributed by atoms with van der Waals surface area (Å²) in [5.74, 6) is 1.35. The van der Waals surface area contributed by atoms with E-state index in [0.717, 1.165) is 56.9 Å².